The molecule has 0 atom stereocenters. The normalized spacial score (nSPS) is 9.85. The van der Waals surface area contributed by atoms with E-state index in [0.717, 1.165) is 0 Å². The second-order valence-corrected chi connectivity index (χ2v) is 2.49. The van der Waals surface area contributed by atoms with Gasteiger partial charge in [0, 0.05) is 12.4 Å². The number of benzene rings is 1. The van der Waals surface area contributed by atoms with Crippen LogP contribution in [0.25, 0.3) is 11.0 Å². The second kappa shape index (κ2) is 2.83. The van der Waals surface area contributed by atoms with Crippen molar-refractivity contribution in [1.29, 1.82) is 0 Å². The number of terminal acetylenes is 1. The minimum Gasteiger partial charge on any atom is -0.252 e. The number of fused-ring (bicyclic) bond motifs is 1. The molecule has 2 aromatic rings. The molecule has 0 radical (unpaired) electrons. The molecule has 0 saturated heterocycles. The van der Waals surface area contributed by atoms with Gasteiger partial charge in [0.1, 0.15) is 11.0 Å². The smallest absolute Gasteiger partial charge is 0.151 e. The molecule has 62 valence electrons. The van der Waals surface area contributed by atoms with Gasteiger partial charge in [-0.3, -0.25) is 4.98 Å². The van der Waals surface area contributed by atoms with Crippen LogP contribution in [0.5, 0.6) is 0 Å². The average molecular weight is 172 g/mol. The summed E-state index contributed by atoms with van der Waals surface area (Å²) in [7, 11) is 0. The van der Waals surface area contributed by atoms with E-state index in [0.29, 0.717) is 11.1 Å². The highest BCUT2D eigenvalue weighted by molar-refractivity contribution is 5.81. The van der Waals surface area contributed by atoms with Crippen LogP contribution in [0.1, 0.15) is 5.56 Å². The van der Waals surface area contributed by atoms with E-state index >= 15 is 0 Å². The zero-order valence-corrected chi connectivity index (χ0v) is 6.66. The standard InChI is InChI=1S/C10H5FN2/c1-2-7-3-4-8(11)10-9(7)12-5-6-13-10/h1,3-6H. The molecule has 0 spiro atoms. The molecule has 0 saturated carbocycles. The molecule has 0 bridgehead atoms. The van der Waals surface area contributed by atoms with Gasteiger partial charge in [-0.05, 0) is 12.1 Å². The highest BCUT2D eigenvalue weighted by Gasteiger charge is 2.05. The SMILES string of the molecule is C#Cc1ccc(F)c2nccnc12. The molecule has 13 heavy (non-hydrogen) atoms. The lowest BCUT2D eigenvalue weighted by Gasteiger charge is -1.98. The molecular formula is C10H5FN2. The van der Waals surface area contributed by atoms with Crippen LogP contribution in [0.2, 0.25) is 0 Å². The molecule has 3 heteroatoms. The van der Waals surface area contributed by atoms with Crippen LogP contribution in [0, 0.1) is 18.2 Å². The number of aromatic nitrogens is 2. The third-order valence-electron chi connectivity index (χ3n) is 1.73. The van der Waals surface area contributed by atoms with Crippen molar-refractivity contribution in [1.82, 2.24) is 9.97 Å². The lowest BCUT2D eigenvalue weighted by Crippen LogP contribution is -1.89. The molecule has 0 aliphatic carbocycles. The number of hydrogen-bond donors (Lipinski definition) is 0. The van der Waals surface area contributed by atoms with E-state index in [1.165, 1.54) is 24.5 Å². The first-order chi connectivity index (χ1) is 6.33. The second-order valence-electron chi connectivity index (χ2n) is 2.49. The summed E-state index contributed by atoms with van der Waals surface area (Å²) in [4.78, 5) is 7.82. The van der Waals surface area contributed by atoms with Gasteiger partial charge in [0.25, 0.3) is 0 Å². The van der Waals surface area contributed by atoms with Crippen LogP contribution in [0.4, 0.5) is 4.39 Å². The van der Waals surface area contributed by atoms with Gasteiger partial charge in [0.2, 0.25) is 0 Å². The Kier molecular flexibility index (Phi) is 1.67. The van der Waals surface area contributed by atoms with Crippen molar-refractivity contribution in [3.63, 3.8) is 0 Å². The van der Waals surface area contributed by atoms with Crippen molar-refractivity contribution >= 4 is 11.0 Å². The molecule has 2 rings (SSSR count). The third-order valence-corrected chi connectivity index (χ3v) is 1.73. The summed E-state index contributed by atoms with van der Waals surface area (Å²) < 4.78 is 13.1. The number of nitrogens with zero attached hydrogens (tertiary/aromatic N) is 2. The summed E-state index contributed by atoms with van der Waals surface area (Å²) in [5.41, 5.74) is 1.22. The first-order valence-corrected chi connectivity index (χ1v) is 3.69. The summed E-state index contributed by atoms with van der Waals surface area (Å²) in [5.74, 6) is 2.03. The van der Waals surface area contributed by atoms with Gasteiger partial charge in [-0.15, -0.1) is 6.42 Å². The first-order valence-electron chi connectivity index (χ1n) is 3.69. The molecule has 0 aliphatic rings. The van der Waals surface area contributed by atoms with Crippen molar-refractivity contribution in [2.75, 3.05) is 0 Å². The molecule has 0 aliphatic heterocycles. The van der Waals surface area contributed by atoms with Crippen molar-refractivity contribution in [3.8, 4) is 12.3 Å². The molecular weight excluding hydrogens is 167 g/mol. The molecule has 0 unspecified atom stereocenters. The Balaban J connectivity index is 2.95. The van der Waals surface area contributed by atoms with Crippen LogP contribution >= 0.6 is 0 Å². The topological polar surface area (TPSA) is 25.8 Å². The first kappa shape index (κ1) is 7.69. The van der Waals surface area contributed by atoms with Gasteiger partial charge >= 0.3 is 0 Å². The van der Waals surface area contributed by atoms with E-state index in [1.807, 2.05) is 0 Å². The Morgan fingerprint density at radius 3 is 2.54 bits per heavy atom. The Hall–Kier alpha value is -1.95. The van der Waals surface area contributed by atoms with Gasteiger partial charge in [0.15, 0.2) is 5.82 Å². The lowest BCUT2D eigenvalue weighted by molar-refractivity contribution is 0.636. The monoisotopic (exact) mass is 172 g/mol. The van der Waals surface area contributed by atoms with Gasteiger partial charge < -0.3 is 0 Å². The maximum absolute atomic E-state index is 13.1. The van der Waals surface area contributed by atoms with Crippen molar-refractivity contribution in [2.24, 2.45) is 0 Å². The van der Waals surface area contributed by atoms with Gasteiger partial charge in [0.05, 0.1) is 5.56 Å². The van der Waals surface area contributed by atoms with E-state index < -0.39 is 5.82 Å². The van der Waals surface area contributed by atoms with Crippen molar-refractivity contribution in [2.45, 2.75) is 0 Å². The molecule has 1 aromatic heterocycles. The zero-order chi connectivity index (χ0) is 9.26. The number of halogens is 1. The third kappa shape index (κ3) is 1.13. The molecule has 0 amide bonds. The summed E-state index contributed by atoms with van der Waals surface area (Å²) in [6.07, 6.45) is 8.15. The molecule has 1 aromatic carbocycles. The van der Waals surface area contributed by atoms with Crippen LogP contribution in [0.3, 0.4) is 0 Å². The lowest BCUT2D eigenvalue weighted by atomic mass is 10.2. The quantitative estimate of drug-likeness (QED) is 0.566. The highest BCUT2D eigenvalue weighted by Crippen LogP contribution is 2.16. The summed E-state index contributed by atoms with van der Waals surface area (Å²) in [6, 6.07) is 2.82. The van der Waals surface area contributed by atoms with E-state index in [4.69, 9.17) is 6.42 Å². The maximum atomic E-state index is 13.1. The predicted octanol–water partition coefficient (Wildman–Crippen LogP) is 1.75. The highest BCUT2D eigenvalue weighted by atomic mass is 19.1. The molecule has 2 nitrogen and oxygen atoms in total. The summed E-state index contributed by atoms with van der Waals surface area (Å²) in [6.45, 7) is 0. The summed E-state index contributed by atoms with van der Waals surface area (Å²) in [5, 5.41) is 0. The van der Waals surface area contributed by atoms with E-state index in [1.54, 1.807) is 0 Å². The fourth-order valence-corrected chi connectivity index (χ4v) is 1.14. The van der Waals surface area contributed by atoms with Crippen LogP contribution < -0.4 is 0 Å². The van der Waals surface area contributed by atoms with E-state index in [9.17, 15) is 4.39 Å². The summed E-state index contributed by atoms with van der Waals surface area (Å²) >= 11 is 0. The Morgan fingerprint density at radius 1 is 1.15 bits per heavy atom. The largest absolute Gasteiger partial charge is 0.252 e. The van der Waals surface area contributed by atoms with Crippen molar-refractivity contribution < 1.29 is 4.39 Å². The van der Waals surface area contributed by atoms with Crippen LogP contribution in [0.15, 0.2) is 24.5 Å². The van der Waals surface area contributed by atoms with E-state index in [2.05, 4.69) is 15.9 Å². The molecule has 1 heterocycles. The molecule has 0 N–H and O–H groups in total. The zero-order valence-electron chi connectivity index (χ0n) is 6.66. The minimum absolute atomic E-state index is 0.220. The fourth-order valence-electron chi connectivity index (χ4n) is 1.14. The van der Waals surface area contributed by atoms with Gasteiger partial charge in [-0.2, -0.15) is 0 Å². The van der Waals surface area contributed by atoms with Crippen molar-refractivity contribution in [3.05, 3.63) is 35.9 Å². The van der Waals surface area contributed by atoms with Crippen LogP contribution in [-0.4, -0.2) is 9.97 Å². The van der Waals surface area contributed by atoms with Crippen LogP contribution in [-0.2, 0) is 0 Å². The Morgan fingerprint density at radius 2 is 1.85 bits per heavy atom. The van der Waals surface area contributed by atoms with Gasteiger partial charge in [-0.25, -0.2) is 9.37 Å². The predicted molar refractivity (Wildman–Crippen MR) is 47.4 cm³/mol. The Bertz CT molecular complexity index is 500. The number of rotatable bonds is 0. The van der Waals surface area contributed by atoms with E-state index in [-0.39, 0.29) is 5.52 Å². The maximum Gasteiger partial charge on any atom is 0.151 e. The minimum atomic E-state index is -0.401. The fraction of sp³-hybridized carbons (Fsp3) is 0. The molecule has 0 fully saturated rings. The Labute approximate surface area is 74.4 Å². The average Bonchev–Trinajstić information content (AvgIpc) is 2.19. The number of hydrogen-bond acceptors (Lipinski definition) is 2. The van der Waals surface area contributed by atoms with Gasteiger partial charge in [-0.1, -0.05) is 5.92 Å².